The Hall–Kier alpha value is -2.86. The van der Waals surface area contributed by atoms with E-state index in [0.717, 1.165) is 24.2 Å². The van der Waals surface area contributed by atoms with Gasteiger partial charge >= 0.3 is 0 Å². The van der Waals surface area contributed by atoms with Gasteiger partial charge < -0.3 is 14.5 Å². The number of hydrogen-bond acceptors (Lipinski definition) is 4. The predicted octanol–water partition coefficient (Wildman–Crippen LogP) is 2.11. The van der Waals surface area contributed by atoms with Gasteiger partial charge in [0.15, 0.2) is 6.61 Å². The second kappa shape index (κ2) is 8.66. The molecule has 2 heterocycles. The van der Waals surface area contributed by atoms with Crippen molar-refractivity contribution in [2.75, 3.05) is 50.8 Å². The maximum Gasteiger partial charge on any atom is 0.260 e. The monoisotopic (exact) mass is 393 g/mol. The van der Waals surface area contributed by atoms with E-state index in [0.29, 0.717) is 38.5 Å². The molecule has 0 bridgehead atoms. The number of piperazine rings is 1. The minimum atomic E-state index is -0.00838. The van der Waals surface area contributed by atoms with Crippen molar-refractivity contribution in [3.05, 3.63) is 59.7 Å². The second-order valence-corrected chi connectivity index (χ2v) is 7.69. The Morgan fingerprint density at radius 1 is 0.931 bits per heavy atom. The van der Waals surface area contributed by atoms with Crippen molar-refractivity contribution >= 4 is 17.5 Å². The largest absolute Gasteiger partial charge is 0.484 e. The van der Waals surface area contributed by atoms with Gasteiger partial charge in [0.05, 0.1) is 6.54 Å². The van der Waals surface area contributed by atoms with E-state index in [2.05, 4.69) is 11.0 Å². The lowest BCUT2D eigenvalue weighted by Gasteiger charge is -2.35. The number of carbonyl (C=O) groups is 2. The first-order valence-corrected chi connectivity index (χ1v) is 10.2. The summed E-state index contributed by atoms with van der Waals surface area (Å²) >= 11 is 0. The first-order valence-electron chi connectivity index (χ1n) is 10.2. The lowest BCUT2D eigenvalue weighted by molar-refractivity contribution is -0.135. The zero-order valence-corrected chi connectivity index (χ0v) is 16.8. The molecule has 2 aliphatic rings. The Kier molecular flexibility index (Phi) is 5.81. The van der Waals surface area contributed by atoms with Crippen LogP contribution < -0.4 is 9.64 Å². The summed E-state index contributed by atoms with van der Waals surface area (Å²) in [5, 5.41) is 0. The molecule has 2 aromatic carbocycles. The molecule has 0 spiro atoms. The van der Waals surface area contributed by atoms with Crippen molar-refractivity contribution in [1.82, 2.24) is 9.80 Å². The molecule has 2 aliphatic heterocycles. The number of aryl methyl sites for hydroxylation is 1. The van der Waals surface area contributed by atoms with E-state index in [9.17, 15) is 9.59 Å². The summed E-state index contributed by atoms with van der Waals surface area (Å²) in [6, 6.07) is 15.8. The molecule has 6 heteroatoms. The molecule has 1 saturated heterocycles. The van der Waals surface area contributed by atoms with Gasteiger partial charge in [-0.05, 0) is 42.7 Å². The third-order valence-electron chi connectivity index (χ3n) is 5.62. The Labute approximate surface area is 171 Å². The molecule has 1 fully saturated rings. The fraction of sp³-hybridized carbons (Fsp3) is 0.391. The number of rotatable bonds is 5. The van der Waals surface area contributed by atoms with Crippen molar-refractivity contribution in [1.29, 1.82) is 0 Å². The van der Waals surface area contributed by atoms with Gasteiger partial charge in [0.1, 0.15) is 5.75 Å². The number of hydrogen-bond donors (Lipinski definition) is 0. The fourth-order valence-corrected chi connectivity index (χ4v) is 3.97. The Bertz CT molecular complexity index is 890. The Balaban J connectivity index is 1.23. The molecule has 0 radical (unpaired) electrons. The minimum absolute atomic E-state index is 0.00838. The van der Waals surface area contributed by atoms with Crippen molar-refractivity contribution < 1.29 is 14.3 Å². The zero-order valence-electron chi connectivity index (χ0n) is 16.8. The highest BCUT2D eigenvalue weighted by molar-refractivity contribution is 5.96. The Morgan fingerprint density at radius 2 is 1.72 bits per heavy atom. The molecule has 4 rings (SSSR count). The normalized spacial score (nSPS) is 16.6. The highest BCUT2D eigenvalue weighted by Gasteiger charge is 2.27. The number of amides is 2. The van der Waals surface area contributed by atoms with Crippen molar-refractivity contribution in [2.45, 2.75) is 13.3 Å². The third kappa shape index (κ3) is 4.59. The molecular weight excluding hydrogens is 366 g/mol. The van der Waals surface area contributed by atoms with E-state index in [-0.39, 0.29) is 18.4 Å². The highest BCUT2D eigenvalue weighted by atomic mass is 16.5. The number of para-hydroxylation sites is 1. The second-order valence-electron chi connectivity index (χ2n) is 7.69. The topological polar surface area (TPSA) is 53.1 Å². The maximum atomic E-state index is 12.8. The fourth-order valence-electron chi connectivity index (χ4n) is 3.97. The van der Waals surface area contributed by atoms with Gasteiger partial charge in [0, 0.05) is 38.4 Å². The molecule has 0 aromatic heterocycles. The lowest BCUT2D eigenvalue weighted by atomic mass is 10.2. The van der Waals surface area contributed by atoms with Gasteiger partial charge in [-0.25, -0.2) is 0 Å². The minimum Gasteiger partial charge on any atom is -0.484 e. The van der Waals surface area contributed by atoms with Gasteiger partial charge in [0.25, 0.3) is 5.91 Å². The summed E-state index contributed by atoms with van der Waals surface area (Å²) in [6.07, 6.45) is 0.922. The molecule has 152 valence electrons. The third-order valence-corrected chi connectivity index (χ3v) is 5.62. The molecule has 29 heavy (non-hydrogen) atoms. The van der Waals surface area contributed by atoms with E-state index in [1.54, 1.807) is 0 Å². The number of carbonyl (C=O) groups excluding carboxylic acids is 2. The van der Waals surface area contributed by atoms with Crippen molar-refractivity contribution in [2.24, 2.45) is 0 Å². The van der Waals surface area contributed by atoms with Gasteiger partial charge in [0.2, 0.25) is 5.91 Å². The van der Waals surface area contributed by atoms with Crippen LogP contribution in [0.4, 0.5) is 5.69 Å². The summed E-state index contributed by atoms with van der Waals surface area (Å²) in [6.45, 7) is 5.86. The summed E-state index contributed by atoms with van der Waals surface area (Å²) in [7, 11) is 0. The first kappa shape index (κ1) is 19.5. The van der Waals surface area contributed by atoms with Crippen molar-refractivity contribution in [3.8, 4) is 5.75 Å². The summed E-state index contributed by atoms with van der Waals surface area (Å²) in [4.78, 5) is 31.0. The predicted molar refractivity (Wildman–Crippen MR) is 112 cm³/mol. The van der Waals surface area contributed by atoms with E-state index < -0.39 is 0 Å². The van der Waals surface area contributed by atoms with Gasteiger partial charge in [-0.2, -0.15) is 0 Å². The molecular formula is C23H27N3O3. The average molecular weight is 393 g/mol. The molecule has 2 amide bonds. The number of nitrogens with zero attached hydrogens (tertiary/aromatic N) is 3. The summed E-state index contributed by atoms with van der Waals surface area (Å²) < 4.78 is 5.63. The lowest BCUT2D eigenvalue weighted by Crippen LogP contribution is -2.52. The van der Waals surface area contributed by atoms with Gasteiger partial charge in [-0.1, -0.05) is 30.3 Å². The van der Waals surface area contributed by atoms with Crippen LogP contribution in [-0.2, 0) is 16.0 Å². The maximum absolute atomic E-state index is 12.8. The van der Waals surface area contributed by atoms with Crippen LogP contribution in [0.2, 0.25) is 0 Å². The Morgan fingerprint density at radius 3 is 2.52 bits per heavy atom. The number of fused-ring (bicyclic) bond motifs is 1. The average Bonchev–Trinajstić information content (AvgIpc) is 3.17. The van der Waals surface area contributed by atoms with Gasteiger partial charge in [-0.3, -0.25) is 14.5 Å². The highest BCUT2D eigenvalue weighted by Crippen LogP contribution is 2.27. The number of anilines is 1. The van der Waals surface area contributed by atoms with Crippen LogP contribution in [0.5, 0.6) is 5.75 Å². The van der Waals surface area contributed by atoms with Crippen LogP contribution in [0.3, 0.4) is 0 Å². The molecule has 0 N–H and O–H groups in total. The van der Waals surface area contributed by atoms with Crippen molar-refractivity contribution in [3.63, 3.8) is 0 Å². The van der Waals surface area contributed by atoms with Gasteiger partial charge in [-0.15, -0.1) is 0 Å². The first-order chi connectivity index (χ1) is 14.1. The SMILES string of the molecule is Cc1cccc(OCC(=O)N2CCN(CC(=O)N3CCc4ccccc43)CC2)c1. The van der Waals surface area contributed by atoms with E-state index in [1.807, 2.05) is 59.2 Å². The van der Waals surface area contributed by atoms with E-state index in [1.165, 1.54) is 5.56 Å². The zero-order chi connectivity index (χ0) is 20.2. The van der Waals surface area contributed by atoms with Crippen LogP contribution in [0.15, 0.2) is 48.5 Å². The number of benzene rings is 2. The van der Waals surface area contributed by atoms with Crippen LogP contribution in [0, 0.1) is 6.92 Å². The van der Waals surface area contributed by atoms with Crippen LogP contribution in [0.25, 0.3) is 0 Å². The van der Waals surface area contributed by atoms with Crippen LogP contribution in [0.1, 0.15) is 11.1 Å². The molecule has 6 nitrogen and oxygen atoms in total. The summed E-state index contributed by atoms with van der Waals surface area (Å²) in [5.74, 6) is 0.844. The molecule has 2 aromatic rings. The van der Waals surface area contributed by atoms with Crippen LogP contribution in [-0.4, -0.2) is 67.5 Å². The van der Waals surface area contributed by atoms with Crippen LogP contribution >= 0.6 is 0 Å². The standard InChI is InChI=1S/C23H27N3O3/c1-18-5-4-7-20(15-18)29-17-23(28)25-13-11-24(12-14-25)16-22(27)26-10-9-19-6-2-3-8-21(19)26/h2-8,15H,9-14,16-17H2,1H3. The quantitative estimate of drug-likeness (QED) is 0.781. The molecule has 0 aliphatic carbocycles. The smallest absolute Gasteiger partial charge is 0.260 e. The van der Waals surface area contributed by atoms with E-state index in [4.69, 9.17) is 4.74 Å². The molecule has 0 unspecified atom stereocenters. The number of ether oxygens (including phenoxy) is 1. The molecule has 0 saturated carbocycles. The van der Waals surface area contributed by atoms with E-state index >= 15 is 0 Å². The molecule has 0 atom stereocenters. The summed E-state index contributed by atoms with van der Waals surface area (Å²) in [5.41, 5.74) is 3.39.